The minimum absolute atomic E-state index is 0.0760. The zero-order chi connectivity index (χ0) is 14.2. The van der Waals surface area contributed by atoms with Crippen LogP contribution < -0.4 is 11.4 Å². The van der Waals surface area contributed by atoms with Gasteiger partial charge in [-0.1, -0.05) is 0 Å². The van der Waals surface area contributed by atoms with Crippen molar-refractivity contribution >= 4 is 5.82 Å². The molecule has 0 bridgehead atoms. The van der Waals surface area contributed by atoms with Gasteiger partial charge in [-0.2, -0.15) is 4.98 Å². The molecule has 4 atom stereocenters. The number of hydrogen-bond acceptors (Lipinski definition) is 6. The van der Waals surface area contributed by atoms with Crippen LogP contribution >= 0.6 is 0 Å². The molecule has 0 saturated carbocycles. The van der Waals surface area contributed by atoms with Crippen LogP contribution in [0.25, 0.3) is 0 Å². The summed E-state index contributed by atoms with van der Waals surface area (Å²) in [5, 5.41) is 18.2. The van der Waals surface area contributed by atoms with Crippen LogP contribution in [0, 0.1) is 12.8 Å². The molecule has 0 aromatic carbocycles. The van der Waals surface area contributed by atoms with Gasteiger partial charge in [-0.05, 0) is 6.92 Å². The molecule has 1 aliphatic heterocycles. The van der Waals surface area contributed by atoms with Crippen LogP contribution in [0.5, 0.6) is 0 Å². The first kappa shape index (κ1) is 13.9. The highest BCUT2D eigenvalue weighted by Crippen LogP contribution is 2.35. The van der Waals surface area contributed by atoms with Crippen molar-refractivity contribution in [3.8, 4) is 0 Å². The van der Waals surface area contributed by atoms with Crippen LogP contribution in [0.2, 0.25) is 0 Å². The molecular weight excluding hydrogens is 257 g/mol. The molecule has 1 saturated heterocycles. The number of anilines is 1. The second-order valence-electron chi connectivity index (χ2n) is 4.54. The van der Waals surface area contributed by atoms with E-state index in [-0.39, 0.29) is 5.82 Å². The summed E-state index contributed by atoms with van der Waals surface area (Å²) in [6, 6.07) is 0. The number of hydrogen-bond donors (Lipinski definition) is 3. The summed E-state index contributed by atoms with van der Waals surface area (Å²) in [6.45, 7) is 0.727. The van der Waals surface area contributed by atoms with E-state index in [9.17, 15) is 9.18 Å². The summed E-state index contributed by atoms with van der Waals surface area (Å²) in [5.41, 5.74) is 5.28. The van der Waals surface area contributed by atoms with E-state index in [1.54, 1.807) is 6.92 Å². The van der Waals surface area contributed by atoms with Crippen LogP contribution in [-0.2, 0) is 4.74 Å². The van der Waals surface area contributed by atoms with Crippen molar-refractivity contribution in [1.29, 1.82) is 0 Å². The molecule has 0 radical (unpaired) electrons. The Balaban J connectivity index is 2.38. The van der Waals surface area contributed by atoms with Gasteiger partial charge >= 0.3 is 5.69 Å². The number of nitrogen functional groups attached to an aromatic ring is 1. The molecule has 1 aliphatic rings. The zero-order valence-electron chi connectivity index (χ0n) is 10.4. The summed E-state index contributed by atoms with van der Waals surface area (Å²) in [7, 11) is 0. The van der Waals surface area contributed by atoms with Crippen molar-refractivity contribution in [2.45, 2.75) is 25.4 Å². The quantitative estimate of drug-likeness (QED) is 0.649. The highest BCUT2D eigenvalue weighted by Gasteiger charge is 2.45. The fourth-order valence-corrected chi connectivity index (χ4v) is 2.15. The molecule has 19 heavy (non-hydrogen) atoms. The van der Waals surface area contributed by atoms with Gasteiger partial charge in [0.1, 0.15) is 5.82 Å². The molecular formula is C11H16FN3O4. The molecule has 1 aromatic rings. The molecule has 0 aliphatic carbocycles. The number of nitrogens with zero attached hydrogens (tertiary/aromatic N) is 2. The molecule has 1 unspecified atom stereocenters. The molecule has 4 N–H and O–H groups in total. The van der Waals surface area contributed by atoms with Gasteiger partial charge in [0.2, 0.25) is 0 Å². The standard InChI is InChI=1S/C11H16FN3O4/c1-5-2-15(11(18)14-9(5)13)10-8(12)6(3-16)7(4-17)19-10/h2,6-8,10,16-17H,3-4H2,1H3,(H2,13,14,18)/t6?,7-,8+,10-/m1/s1. The zero-order valence-corrected chi connectivity index (χ0v) is 10.4. The summed E-state index contributed by atoms with van der Waals surface area (Å²) in [5.74, 6) is -0.799. The Kier molecular flexibility index (Phi) is 3.83. The van der Waals surface area contributed by atoms with E-state index < -0.39 is 43.3 Å². The highest BCUT2D eigenvalue weighted by molar-refractivity contribution is 5.35. The number of aliphatic hydroxyl groups is 2. The van der Waals surface area contributed by atoms with E-state index in [2.05, 4.69) is 4.98 Å². The van der Waals surface area contributed by atoms with Crippen molar-refractivity contribution in [3.05, 3.63) is 22.2 Å². The van der Waals surface area contributed by atoms with Gasteiger partial charge in [0.05, 0.1) is 19.3 Å². The third-order valence-electron chi connectivity index (χ3n) is 3.31. The maximum Gasteiger partial charge on any atom is 0.351 e. The Bertz CT molecular complexity index is 521. The molecule has 1 fully saturated rings. The van der Waals surface area contributed by atoms with Crippen LogP contribution in [0.15, 0.2) is 11.0 Å². The molecule has 0 spiro atoms. The summed E-state index contributed by atoms with van der Waals surface area (Å²) in [6.07, 6.45) is -2.32. The summed E-state index contributed by atoms with van der Waals surface area (Å²) >= 11 is 0. The first-order valence-electron chi connectivity index (χ1n) is 5.86. The predicted octanol–water partition coefficient (Wildman–Crippen LogP) is -1.03. The maximum atomic E-state index is 14.2. The fourth-order valence-electron chi connectivity index (χ4n) is 2.15. The van der Waals surface area contributed by atoms with Gasteiger partial charge in [-0.15, -0.1) is 0 Å². The van der Waals surface area contributed by atoms with Crippen LogP contribution in [0.3, 0.4) is 0 Å². The Labute approximate surface area is 108 Å². The normalized spacial score (nSPS) is 30.7. The molecule has 0 amide bonds. The predicted molar refractivity (Wildman–Crippen MR) is 64.1 cm³/mol. The monoisotopic (exact) mass is 273 g/mol. The van der Waals surface area contributed by atoms with Crippen molar-refractivity contribution in [3.63, 3.8) is 0 Å². The Morgan fingerprint density at radius 2 is 2.21 bits per heavy atom. The van der Waals surface area contributed by atoms with Crippen molar-refractivity contribution in [2.75, 3.05) is 18.9 Å². The number of halogens is 1. The molecule has 2 heterocycles. The van der Waals surface area contributed by atoms with Crippen LogP contribution in [0.1, 0.15) is 11.8 Å². The van der Waals surface area contributed by atoms with Crippen LogP contribution in [-0.4, -0.2) is 45.3 Å². The van der Waals surface area contributed by atoms with Gasteiger partial charge in [-0.25, -0.2) is 9.18 Å². The molecule has 106 valence electrons. The minimum Gasteiger partial charge on any atom is -0.396 e. The average molecular weight is 273 g/mol. The van der Waals surface area contributed by atoms with E-state index in [0.29, 0.717) is 5.56 Å². The number of aliphatic hydroxyl groups excluding tert-OH is 2. The topological polar surface area (TPSA) is 111 Å². The number of nitrogens with two attached hydrogens (primary N) is 1. The van der Waals surface area contributed by atoms with E-state index in [4.69, 9.17) is 20.7 Å². The van der Waals surface area contributed by atoms with Gasteiger partial charge in [0.15, 0.2) is 12.4 Å². The molecule has 1 aromatic heterocycles. The summed E-state index contributed by atoms with van der Waals surface area (Å²) in [4.78, 5) is 15.3. The Morgan fingerprint density at radius 3 is 2.74 bits per heavy atom. The second-order valence-corrected chi connectivity index (χ2v) is 4.54. The number of rotatable bonds is 3. The number of aromatic nitrogens is 2. The first-order chi connectivity index (χ1) is 8.99. The second kappa shape index (κ2) is 5.24. The number of alkyl halides is 1. The lowest BCUT2D eigenvalue weighted by Gasteiger charge is -2.17. The van der Waals surface area contributed by atoms with Gasteiger partial charge < -0.3 is 20.7 Å². The highest BCUT2D eigenvalue weighted by atomic mass is 19.1. The minimum atomic E-state index is -1.61. The van der Waals surface area contributed by atoms with Crippen LogP contribution in [0.4, 0.5) is 10.2 Å². The number of aryl methyl sites for hydroxylation is 1. The van der Waals surface area contributed by atoms with E-state index in [1.807, 2.05) is 0 Å². The summed E-state index contributed by atoms with van der Waals surface area (Å²) < 4.78 is 20.5. The molecule has 8 heteroatoms. The van der Waals surface area contributed by atoms with E-state index in [1.165, 1.54) is 6.20 Å². The Hall–Kier alpha value is -1.51. The lowest BCUT2D eigenvalue weighted by molar-refractivity contribution is -0.0441. The van der Waals surface area contributed by atoms with E-state index >= 15 is 0 Å². The van der Waals surface area contributed by atoms with Gasteiger partial charge in [-0.3, -0.25) is 4.57 Å². The first-order valence-corrected chi connectivity index (χ1v) is 5.86. The Morgan fingerprint density at radius 1 is 1.53 bits per heavy atom. The lowest BCUT2D eigenvalue weighted by atomic mass is 10.0. The van der Waals surface area contributed by atoms with E-state index in [0.717, 1.165) is 4.57 Å². The smallest absolute Gasteiger partial charge is 0.351 e. The lowest BCUT2D eigenvalue weighted by Crippen LogP contribution is -2.33. The van der Waals surface area contributed by atoms with Gasteiger partial charge in [0, 0.05) is 17.7 Å². The number of ether oxygens (including phenoxy) is 1. The average Bonchev–Trinajstić information content (AvgIpc) is 2.70. The molecule has 2 rings (SSSR count). The third kappa shape index (κ3) is 2.34. The SMILES string of the molecule is Cc1cn([C@@H]2O[C@H](CO)C(CO)[C@@H]2F)c(=O)nc1N. The maximum absolute atomic E-state index is 14.2. The van der Waals surface area contributed by atoms with Crippen molar-refractivity contribution in [1.82, 2.24) is 9.55 Å². The van der Waals surface area contributed by atoms with Gasteiger partial charge in [0.25, 0.3) is 0 Å². The van der Waals surface area contributed by atoms with Crippen molar-refractivity contribution in [2.24, 2.45) is 5.92 Å². The van der Waals surface area contributed by atoms with Crippen molar-refractivity contribution < 1.29 is 19.3 Å². The largest absolute Gasteiger partial charge is 0.396 e. The molecule has 7 nitrogen and oxygen atoms in total. The fraction of sp³-hybridized carbons (Fsp3) is 0.636. The third-order valence-corrected chi connectivity index (χ3v) is 3.31.